The number of ether oxygens (including phenoxy) is 2. The van der Waals surface area contributed by atoms with Crippen LogP contribution in [0.5, 0.6) is 0 Å². The number of benzene rings is 1. The van der Waals surface area contributed by atoms with Gasteiger partial charge in [0.25, 0.3) is 0 Å². The number of esters is 1. The van der Waals surface area contributed by atoms with Gasteiger partial charge in [-0.15, -0.1) is 0 Å². The van der Waals surface area contributed by atoms with Crippen molar-refractivity contribution in [1.82, 2.24) is 0 Å². The molecule has 0 aliphatic carbocycles. The minimum absolute atomic E-state index is 0.148. The van der Waals surface area contributed by atoms with Crippen LogP contribution < -0.4 is 0 Å². The second-order valence-corrected chi connectivity index (χ2v) is 5.39. The highest BCUT2D eigenvalue weighted by Crippen LogP contribution is 2.13. The highest BCUT2D eigenvalue weighted by Gasteiger charge is 2.16. The number of aryl methyl sites for hydroxylation is 1. The fourth-order valence-electron chi connectivity index (χ4n) is 2.30. The average Bonchev–Trinajstić information content (AvgIpc) is 2.51. The topological polar surface area (TPSA) is 35.5 Å². The van der Waals surface area contributed by atoms with E-state index in [0.29, 0.717) is 12.2 Å². The summed E-state index contributed by atoms with van der Waals surface area (Å²) in [5.74, 6) is -0.247. The molecule has 0 aliphatic rings. The van der Waals surface area contributed by atoms with Crippen LogP contribution in [0, 0.1) is 0 Å². The quantitative estimate of drug-likeness (QED) is 0.474. The van der Waals surface area contributed by atoms with Gasteiger partial charge in [-0.2, -0.15) is 0 Å². The Bertz CT molecular complexity index is 415. The summed E-state index contributed by atoms with van der Waals surface area (Å²) in [4.78, 5) is 12.2. The molecule has 3 nitrogen and oxygen atoms in total. The van der Waals surface area contributed by atoms with Gasteiger partial charge < -0.3 is 9.47 Å². The number of unbranched alkanes of at least 4 members (excludes halogenated alkanes) is 3. The Morgan fingerprint density at radius 2 is 2.00 bits per heavy atom. The highest BCUT2D eigenvalue weighted by atomic mass is 16.6. The van der Waals surface area contributed by atoms with E-state index in [1.807, 2.05) is 24.3 Å². The monoisotopic (exact) mass is 292 g/mol. The lowest BCUT2D eigenvalue weighted by Gasteiger charge is -2.17. The molecule has 0 saturated heterocycles. The number of hydrogen-bond donors (Lipinski definition) is 0. The molecule has 118 valence electrons. The van der Waals surface area contributed by atoms with Crippen LogP contribution in [0.25, 0.3) is 0 Å². The predicted octanol–water partition coefficient (Wildman–Crippen LogP) is 4.39. The normalized spacial score (nSPS) is 12.1. The summed E-state index contributed by atoms with van der Waals surface area (Å²) in [6.07, 6.45) is 6.32. The number of carbonyl (C=O) groups is 1. The van der Waals surface area contributed by atoms with E-state index < -0.39 is 0 Å². The van der Waals surface area contributed by atoms with Crippen LogP contribution in [0.2, 0.25) is 0 Å². The lowest BCUT2D eigenvalue weighted by atomic mass is 10.1. The molecule has 0 aromatic heterocycles. The van der Waals surface area contributed by atoms with Gasteiger partial charge >= 0.3 is 5.97 Å². The molecule has 0 N–H and O–H groups in total. The van der Waals surface area contributed by atoms with Gasteiger partial charge in [0.05, 0.1) is 12.2 Å². The maximum atomic E-state index is 12.2. The molecular formula is C18H28O3. The number of rotatable bonds is 10. The van der Waals surface area contributed by atoms with E-state index in [1.165, 1.54) is 19.3 Å². The Kier molecular flexibility index (Phi) is 8.76. The van der Waals surface area contributed by atoms with Gasteiger partial charge in [0.1, 0.15) is 6.10 Å². The van der Waals surface area contributed by atoms with E-state index in [1.54, 1.807) is 7.11 Å². The van der Waals surface area contributed by atoms with E-state index >= 15 is 0 Å². The van der Waals surface area contributed by atoms with E-state index in [9.17, 15) is 4.79 Å². The Balaban J connectivity index is 2.54. The fraction of sp³-hybridized carbons (Fsp3) is 0.611. The van der Waals surface area contributed by atoms with Crippen molar-refractivity contribution in [2.24, 2.45) is 0 Å². The van der Waals surface area contributed by atoms with Crippen LogP contribution in [-0.4, -0.2) is 25.8 Å². The molecule has 3 heteroatoms. The van der Waals surface area contributed by atoms with Crippen molar-refractivity contribution in [3.63, 3.8) is 0 Å². The average molecular weight is 292 g/mol. The molecule has 0 bridgehead atoms. The first-order valence-corrected chi connectivity index (χ1v) is 8.00. The molecule has 1 atom stereocenters. The molecule has 0 fully saturated rings. The Morgan fingerprint density at radius 3 is 2.67 bits per heavy atom. The lowest BCUT2D eigenvalue weighted by Crippen LogP contribution is -2.23. The Hall–Kier alpha value is -1.35. The summed E-state index contributed by atoms with van der Waals surface area (Å²) in [5, 5.41) is 0. The molecule has 1 unspecified atom stereocenters. The van der Waals surface area contributed by atoms with E-state index in [2.05, 4.69) is 13.8 Å². The van der Waals surface area contributed by atoms with Crippen molar-refractivity contribution in [2.75, 3.05) is 13.7 Å². The third kappa shape index (κ3) is 6.76. The maximum Gasteiger partial charge on any atom is 0.338 e. The van der Waals surface area contributed by atoms with Crippen molar-refractivity contribution in [1.29, 1.82) is 0 Å². The summed E-state index contributed by atoms with van der Waals surface area (Å²) in [6.45, 7) is 4.73. The Morgan fingerprint density at radius 1 is 1.19 bits per heavy atom. The van der Waals surface area contributed by atoms with Crippen molar-refractivity contribution in [2.45, 2.75) is 58.5 Å². The van der Waals surface area contributed by atoms with Gasteiger partial charge in [0.2, 0.25) is 0 Å². The fourth-order valence-corrected chi connectivity index (χ4v) is 2.30. The standard InChI is InChI=1S/C18H28O3/c1-4-6-7-8-12-17(14-20-3)21-18(19)16-11-9-10-15(5-2)13-16/h9-11,13,17H,4-8,12,14H2,1-3H3. The molecule has 1 rings (SSSR count). The van der Waals surface area contributed by atoms with Crippen LogP contribution in [-0.2, 0) is 15.9 Å². The van der Waals surface area contributed by atoms with Crippen molar-refractivity contribution >= 4 is 5.97 Å². The summed E-state index contributed by atoms with van der Waals surface area (Å²) in [6, 6.07) is 7.64. The zero-order valence-electron chi connectivity index (χ0n) is 13.6. The highest BCUT2D eigenvalue weighted by molar-refractivity contribution is 5.89. The molecule has 1 aromatic rings. The molecule has 1 aromatic carbocycles. The summed E-state index contributed by atoms with van der Waals surface area (Å²) >= 11 is 0. The van der Waals surface area contributed by atoms with Crippen molar-refractivity contribution in [3.05, 3.63) is 35.4 Å². The van der Waals surface area contributed by atoms with E-state index in [4.69, 9.17) is 9.47 Å². The van der Waals surface area contributed by atoms with Crippen molar-refractivity contribution in [3.8, 4) is 0 Å². The van der Waals surface area contributed by atoms with Gasteiger partial charge in [-0.05, 0) is 37.0 Å². The van der Waals surface area contributed by atoms with Crippen LogP contribution >= 0.6 is 0 Å². The zero-order chi connectivity index (χ0) is 15.5. The van der Waals surface area contributed by atoms with Gasteiger partial charge in [0, 0.05) is 7.11 Å². The van der Waals surface area contributed by atoms with Crippen LogP contribution in [0.1, 0.15) is 61.9 Å². The molecule has 0 spiro atoms. The third-order valence-electron chi connectivity index (χ3n) is 3.58. The number of carbonyl (C=O) groups excluding carboxylic acids is 1. The molecule has 0 heterocycles. The van der Waals surface area contributed by atoms with Crippen LogP contribution in [0.15, 0.2) is 24.3 Å². The summed E-state index contributed by atoms with van der Waals surface area (Å²) < 4.78 is 10.8. The first-order chi connectivity index (χ1) is 10.2. The number of hydrogen-bond acceptors (Lipinski definition) is 3. The second kappa shape index (κ2) is 10.4. The van der Waals surface area contributed by atoms with Crippen molar-refractivity contribution < 1.29 is 14.3 Å². The first kappa shape index (κ1) is 17.7. The smallest absolute Gasteiger partial charge is 0.338 e. The predicted molar refractivity (Wildman–Crippen MR) is 85.7 cm³/mol. The lowest BCUT2D eigenvalue weighted by molar-refractivity contribution is 0.00237. The maximum absolute atomic E-state index is 12.2. The molecular weight excluding hydrogens is 264 g/mol. The van der Waals surface area contributed by atoms with Gasteiger partial charge in [-0.3, -0.25) is 0 Å². The van der Waals surface area contributed by atoms with E-state index in [0.717, 1.165) is 24.8 Å². The van der Waals surface area contributed by atoms with E-state index in [-0.39, 0.29) is 12.1 Å². The number of methoxy groups -OCH3 is 1. The van der Waals surface area contributed by atoms with Crippen LogP contribution in [0.4, 0.5) is 0 Å². The zero-order valence-corrected chi connectivity index (χ0v) is 13.6. The molecule has 0 amide bonds. The molecule has 0 saturated carbocycles. The van der Waals surface area contributed by atoms with Crippen LogP contribution in [0.3, 0.4) is 0 Å². The van der Waals surface area contributed by atoms with Gasteiger partial charge in [-0.25, -0.2) is 4.79 Å². The summed E-state index contributed by atoms with van der Waals surface area (Å²) in [5.41, 5.74) is 1.78. The SMILES string of the molecule is CCCCCCC(COC)OC(=O)c1cccc(CC)c1. The minimum Gasteiger partial charge on any atom is -0.456 e. The minimum atomic E-state index is -0.247. The van der Waals surface area contributed by atoms with Gasteiger partial charge in [0.15, 0.2) is 0 Å². The second-order valence-electron chi connectivity index (χ2n) is 5.39. The molecule has 21 heavy (non-hydrogen) atoms. The third-order valence-corrected chi connectivity index (χ3v) is 3.58. The summed E-state index contributed by atoms with van der Waals surface area (Å²) in [7, 11) is 1.64. The first-order valence-electron chi connectivity index (χ1n) is 8.00. The molecule has 0 aliphatic heterocycles. The largest absolute Gasteiger partial charge is 0.456 e. The van der Waals surface area contributed by atoms with Gasteiger partial charge in [-0.1, -0.05) is 45.2 Å². The molecule has 0 radical (unpaired) electrons. The Labute approximate surface area is 128 Å².